The van der Waals surface area contributed by atoms with Crippen molar-refractivity contribution in [2.75, 3.05) is 38.7 Å². The first-order chi connectivity index (χ1) is 7.03. The van der Waals surface area contributed by atoms with Crippen molar-refractivity contribution in [1.29, 1.82) is 0 Å². The first-order valence-electron chi connectivity index (χ1n) is 5.59. The molecule has 0 saturated carbocycles. The van der Waals surface area contributed by atoms with E-state index in [2.05, 4.69) is 10.2 Å². The molecule has 1 rings (SSSR count). The van der Waals surface area contributed by atoms with Crippen LogP contribution in [0.1, 0.15) is 19.3 Å². The lowest BCUT2D eigenvalue weighted by Crippen LogP contribution is -2.46. The first-order valence-corrected chi connectivity index (χ1v) is 7.65. The number of likely N-dealkylation sites (N-methyl/N-ethyl adjacent to an activating group) is 1. The maximum atomic E-state index is 11.1. The average molecular weight is 234 g/mol. The van der Waals surface area contributed by atoms with Crippen LogP contribution in [0.25, 0.3) is 0 Å². The molecule has 0 aliphatic carbocycles. The number of hydrogen-bond acceptors (Lipinski definition) is 4. The molecule has 0 aromatic rings. The van der Waals surface area contributed by atoms with Gasteiger partial charge in [-0.3, -0.25) is 4.90 Å². The van der Waals surface area contributed by atoms with Crippen LogP contribution >= 0.6 is 0 Å². The minimum atomic E-state index is -2.82. The monoisotopic (exact) mass is 234 g/mol. The van der Waals surface area contributed by atoms with Crippen LogP contribution in [0.5, 0.6) is 0 Å². The molecule has 1 aliphatic heterocycles. The minimum Gasteiger partial charge on any atom is -0.318 e. The fourth-order valence-electron chi connectivity index (χ4n) is 2.10. The van der Waals surface area contributed by atoms with E-state index in [4.69, 9.17) is 0 Å². The maximum absolute atomic E-state index is 11.1. The highest BCUT2D eigenvalue weighted by atomic mass is 32.2. The topological polar surface area (TPSA) is 49.4 Å². The van der Waals surface area contributed by atoms with Crippen molar-refractivity contribution in [1.82, 2.24) is 10.2 Å². The normalized spacial score (nSPS) is 24.3. The third-order valence-corrected chi connectivity index (χ3v) is 3.86. The number of sulfone groups is 1. The van der Waals surface area contributed by atoms with Crippen molar-refractivity contribution in [3.05, 3.63) is 0 Å². The van der Waals surface area contributed by atoms with Crippen molar-refractivity contribution in [2.24, 2.45) is 0 Å². The van der Waals surface area contributed by atoms with E-state index in [1.807, 2.05) is 7.05 Å². The highest BCUT2D eigenvalue weighted by Gasteiger charge is 2.22. The van der Waals surface area contributed by atoms with Crippen molar-refractivity contribution < 1.29 is 8.42 Å². The summed E-state index contributed by atoms with van der Waals surface area (Å²) in [7, 11) is -0.876. The third-order valence-electron chi connectivity index (χ3n) is 2.94. The van der Waals surface area contributed by atoms with Gasteiger partial charge in [-0.05, 0) is 26.4 Å². The summed E-state index contributed by atoms with van der Waals surface area (Å²) in [5.41, 5.74) is 0. The van der Waals surface area contributed by atoms with E-state index in [1.165, 1.54) is 25.5 Å². The van der Waals surface area contributed by atoms with Crippen LogP contribution in [-0.2, 0) is 9.84 Å². The molecule has 0 bridgehead atoms. The van der Waals surface area contributed by atoms with Gasteiger partial charge in [0.05, 0.1) is 5.75 Å². The Labute approximate surface area is 93.0 Å². The van der Waals surface area contributed by atoms with Gasteiger partial charge in [-0.2, -0.15) is 0 Å². The highest BCUT2D eigenvalue weighted by molar-refractivity contribution is 7.90. The summed E-state index contributed by atoms with van der Waals surface area (Å²) in [6.07, 6.45) is 4.96. The van der Waals surface area contributed by atoms with E-state index in [0.29, 0.717) is 12.6 Å². The largest absolute Gasteiger partial charge is 0.318 e. The molecular formula is C10H22N2O2S. The van der Waals surface area contributed by atoms with Crippen molar-refractivity contribution in [3.8, 4) is 0 Å². The Bertz CT molecular complexity index is 275. The smallest absolute Gasteiger partial charge is 0.148 e. The number of piperidine rings is 1. The summed E-state index contributed by atoms with van der Waals surface area (Å²) in [5, 5.41) is 3.17. The molecule has 1 heterocycles. The van der Waals surface area contributed by atoms with Gasteiger partial charge in [0.25, 0.3) is 0 Å². The number of nitrogens with one attached hydrogen (secondary N) is 1. The van der Waals surface area contributed by atoms with Crippen LogP contribution in [0.15, 0.2) is 0 Å². The Morgan fingerprint density at radius 2 is 2.13 bits per heavy atom. The molecule has 0 aromatic carbocycles. The van der Waals surface area contributed by atoms with Gasteiger partial charge < -0.3 is 5.32 Å². The molecule has 1 atom stereocenters. The van der Waals surface area contributed by atoms with Gasteiger partial charge in [-0.15, -0.1) is 0 Å². The van der Waals surface area contributed by atoms with E-state index < -0.39 is 9.84 Å². The molecule has 0 amide bonds. The Hall–Kier alpha value is -0.130. The molecule has 0 aromatic heterocycles. The number of hydrogen-bond donors (Lipinski definition) is 1. The molecule has 0 spiro atoms. The maximum Gasteiger partial charge on any atom is 0.148 e. The van der Waals surface area contributed by atoms with E-state index in [1.54, 1.807) is 0 Å². The second kappa shape index (κ2) is 5.82. The van der Waals surface area contributed by atoms with Crippen molar-refractivity contribution >= 4 is 9.84 Å². The fraction of sp³-hybridized carbons (Fsp3) is 1.00. The Kier molecular flexibility index (Phi) is 5.02. The fourth-order valence-corrected chi connectivity index (χ4v) is 2.67. The third kappa shape index (κ3) is 4.95. The lowest BCUT2D eigenvalue weighted by Gasteiger charge is -2.35. The Morgan fingerprint density at radius 3 is 2.73 bits per heavy atom. The Morgan fingerprint density at radius 1 is 1.40 bits per heavy atom. The van der Waals surface area contributed by atoms with E-state index in [9.17, 15) is 8.42 Å². The van der Waals surface area contributed by atoms with Crippen LogP contribution in [0.3, 0.4) is 0 Å². The van der Waals surface area contributed by atoms with Gasteiger partial charge in [-0.1, -0.05) is 6.42 Å². The predicted molar refractivity (Wildman–Crippen MR) is 62.8 cm³/mol. The molecule has 1 unspecified atom stereocenters. The molecule has 5 heteroatoms. The van der Waals surface area contributed by atoms with Crippen molar-refractivity contribution in [2.45, 2.75) is 25.3 Å². The molecule has 15 heavy (non-hydrogen) atoms. The van der Waals surface area contributed by atoms with Gasteiger partial charge >= 0.3 is 0 Å². The first kappa shape index (κ1) is 12.9. The minimum absolute atomic E-state index is 0.285. The van der Waals surface area contributed by atoms with Gasteiger partial charge in [0.15, 0.2) is 0 Å². The van der Waals surface area contributed by atoms with E-state index >= 15 is 0 Å². The van der Waals surface area contributed by atoms with E-state index in [0.717, 1.165) is 13.1 Å². The molecule has 90 valence electrons. The highest BCUT2D eigenvalue weighted by Crippen LogP contribution is 2.16. The zero-order valence-electron chi connectivity index (χ0n) is 9.70. The zero-order chi connectivity index (χ0) is 11.3. The average Bonchev–Trinajstić information content (AvgIpc) is 2.16. The molecule has 1 N–H and O–H groups in total. The summed E-state index contributed by atoms with van der Waals surface area (Å²) < 4.78 is 22.2. The summed E-state index contributed by atoms with van der Waals surface area (Å²) >= 11 is 0. The van der Waals surface area contributed by atoms with Crippen LogP contribution in [0.2, 0.25) is 0 Å². The van der Waals surface area contributed by atoms with Crippen LogP contribution in [0, 0.1) is 0 Å². The number of likely N-dealkylation sites (tertiary alicyclic amines) is 1. The lowest BCUT2D eigenvalue weighted by atomic mass is 10.0. The molecule has 1 aliphatic rings. The Balaban J connectivity index is 2.42. The SMILES string of the molecule is CNCC1CCCCN1CCS(C)(=O)=O. The number of nitrogens with zero attached hydrogens (tertiary/aromatic N) is 1. The number of rotatable bonds is 5. The second-order valence-corrected chi connectivity index (χ2v) is 6.63. The molecule has 4 nitrogen and oxygen atoms in total. The van der Waals surface area contributed by atoms with Gasteiger partial charge in [-0.25, -0.2) is 8.42 Å². The van der Waals surface area contributed by atoms with Crippen LogP contribution in [0.4, 0.5) is 0 Å². The van der Waals surface area contributed by atoms with Gasteiger partial charge in [0.2, 0.25) is 0 Å². The molecular weight excluding hydrogens is 212 g/mol. The zero-order valence-corrected chi connectivity index (χ0v) is 10.5. The second-order valence-electron chi connectivity index (χ2n) is 4.37. The van der Waals surface area contributed by atoms with Crippen molar-refractivity contribution in [3.63, 3.8) is 0 Å². The summed E-state index contributed by atoms with van der Waals surface area (Å²) in [4.78, 5) is 2.31. The quantitative estimate of drug-likeness (QED) is 0.733. The molecule has 1 fully saturated rings. The van der Waals surface area contributed by atoms with Gasteiger partial charge in [0.1, 0.15) is 9.84 Å². The summed E-state index contributed by atoms with van der Waals surface area (Å²) in [6, 6.07) is 0.519. The summed E-state index contributed by atoms with van der Waals surface area (Å²) in [6.45, 7) is 2.69. The molecule has 1 saturated heterocycles. The van der Waals surface area contributed by atoms with Gasteiger partial charge in [0, 0.05) is 25.4 Å². The standard InChI is InChI=1S/C10H22N2O2S/c1-11-9-10-5-3-4-6-12(10)7-8-15(2,13)14/h10-11H,3-9H2,1-2H3. The predicted octanol–water partition coefficient (Wildman–Crippen LogP) is 0.105. The van der Waals surface area contributed by atoms with E-state index in [-0.39, 0.29) is 5.75 Å². The van der Waals surface area contributed by atoms with Crippen LogP contribution < -0.4 is 5.32 Å². The lowest BCUT2D eigenvalue weighted by molar-refractivity contribution is 0.156. The molecule has 0 radical (unpaired) electrons. The van der Waals surface area contributed by atoms with Crippen LogP contribution in [-0.4, -0.2) is 58.1 Å². The summed E-state index contributed by atoms with van der Waals surface area (Å²) in [5.74, 6) is 0.285.